The lowest BCUT2D eigenvalue weighted by Crippen LogP contribution is -2.58. The van der Waals surface area contributed by atoms with Crippen molar-refractivity contribution in [3.8, 4) is 0 Å². The first kappa shape index (κ1) is 17.4. The van der Waals surface area contributed by atoms with Crippen LogP contribution in [0.1, 0.15) is 39.0 Å². The lowest BCUT2D eigenvalue weighted by molar-refractivity contribution is -0.238. The summed E-state index contributed by atoms with van der Waals surface area (Å²) in [5.74, 6) is -1.06. The van der Waals surface area contributed by atoms with Crippen molar-refractivity contribution in [1.82, 2.24) is 10.2 Å². The highest BCUT2D eigenvalue weighted by Crippen LogP contribution is 2.56. The number of nitrogens with one attached hydrogen (secondary N) is 1. The van der Waals surface area contributed by atoms with Crippen LogP contribution >= 0.6 is 12.4 Å². The molecule has 2 aliphatic heterocycles. The highest BCUT2D eigenvalue weighted by molar-refractivity contribution is 5.85. The SMILES string of the molecule is CC1(CN2CCC(C(F)(F)F)C3(CCC3)C2)CCNC1.Cl. The average Bonchev–Trinajstić information content (AvgIpc) is 2.72. The third kappa shape index (κ3) is 3.35. The molecule has 2 nitrogen and oxygen atoms in total. The van der Waals surface area contributed by atoms with Gasteiger partial charge in [0.05, 0.1) is 5.92 Å². The van der Waals surface area contributed by atoms with Crippen LogP contribution in [-0.2, 0) is 0 Å². The standard InChI is InChI=1S/C15H25F3N2.ClH/c1-13(6-7-19-9-13)10-20-8-3-12(15(16,17)18)14(11-20)4-2-5-14;/h12,19H,2-11H2,1H3;1H. The molecule has 1 N–H and O–H groups in total. The van der Waals surface area contributed by atoms with Crippen LogP contribution in [0.4, 0.5) is 13.2 Å². The quantitative estimate of drug-likeness (QED) is 0.836. The molecule has 124 valence electrons. The van der Waals surface area contributed by atoms with E-state index in [0.29, 0.717) is 19.5 Å². The molecule has 0 bridgehead atoms. The number of hydrogen-bond acceptors (Lipinski definition) is 2. The first-order valence-electron chi connectivity index (χ1n) is 7.83. The molecule has 1 aliphatic carbocycles. The van der Waals surface area contributed by atoms with Crippen LogP contribution in [0.2, 0.25) is 0 Å². The zero-order valence-corrected chi connectivity index (χ0v) is 13.5. The first-order valence-corrected chi connectivity index (χ1v) is 7.83. The molecule has 3 aliphatic rings. The summed E-state index contributed by atoms with van der Waals surface area (Å²) in [6, 6.07) is 0. The largest absolute Gasteiger partial charge is 0.392 e. The molecule has 3 rings (SSSR count). The monoisotopic (exact) mass is 326 g/mol. The van der Waals surface area contributed by atoms with Crippen LogP contribution in [0.5, 0.6) is 0 Å². The number of likely N-dealkylation sites (tertiary alicyclic amines) is 1. The van der Waals surface area contributed by atoms with Gasteiger partial charge in [-0.1, -0.05) is 13.3 Å². The normalized spacial score (nSPS) is 36.3. The molecule has 21 heavy (non-hydrogen) atoms. The number of hydrogen-bond donors (Lipinski definition) is 1. The number of piperidine rings is 1. The van der Waals surface area contributed by atoms with Gasteiger partial charge in [0.25, 0.3) is 0 Å². The van der Waals surface area contributed by atoms with Gasteiger partial charge in [0.15, 0.2) is 0 Å². The third-order valence-electron chi connectivity index (χ3n) is 5.82. The molecule has 0 aromatic carbocycles. The Morgan fingerprint density at radius 3 is 2.43 bits per heavy atom. The molecule has 6 heteroatoms. The van der Waals surface area contributed by atoms with Gasteiger partial charge < -0.3 is 10.2 Å². The Kier molecular flexibility index (Phi) is 4.87. The minimum absolute atomic E-state index is 0. The molecule has 3 fully saturated rings. The second kappa shape index (κ2) is 5.89. The maximum atomic E-state index is 13.2. The molecule has 0 aromatic heterocycles. The minimum atomic E-state index is -4.01. The predicted molar refractivity (Wildman–Crippen MR) is 79.7 cm³/mol. The van der Waals surface area contributed by atoms with Crippen molar-refractivity contribution in [2.24, 2.45) is 16.7 Å². The molecule has 0 amide bonds. The summed E-state index contributed by atoms with van der Waals surface area (Å²) in [5, 5.41) is 3.38. The number of alkyl halides is 3. The van der Waals surface area contributed by atoms with Crippen LogP contribution in [-0.4, -0.2) is 43.8 Å². The van der Waals surface area contributed by atoms with Gasteiger partial charge in [0.1, 0.15) is 0 Å². The summed E-state index contributed by atoms with van der Waals surface area (Å²) < 4.78 is 39.7. The van der Waals surface area contributed by atoms with Crippen molar-refractivity contribution < 1.29 is 13.2 Å². The predicted octanol–water partition coefficient (Wildman–Crippen LogP) is 3.46. The Hall–Kier alpha value is 0. The lowest BCUT2D eigenvalue weighted by atomic mass is 9.58. The van der Waals surface area contributed by atoms with Crippen LogP contribution in [0.25, 0.3) is 0 Å². The van der Waals surface area contributed by atoms with Gasteiger partial charge in [0, 0.05) is 19.6 Å². The molecule has 0 radical (unpaired) electrons. The molecule has 1 spiro atoms. The Balaban J connectivity index is 0.00000161. The highest BCUT2D eigenvalue weighted by atomic mass is 35.5. The van der Waals surface area contributed by atoms with Crippen molar-refractivity contribution >= 4 is 12.4 Å². The Labute approximate surface area is 131 Å². The Morgan fingerprint density at radius 1 is 1.24 bits per heavy atom. The summed E-state index contributed by atoms with van der Waals surface area (Å²) >= 11 is 0. The van der Waals surface area contributed by atoms with Crippen molar-refractivity contribution in [3.05, 3.63) is 0 Å². The Bertz CT molecular complexity index is 362. The number of rotatable bonds is 2. The van der Waals surface area contributed by atoms with Crippen molar-refractivity contribution in [1.29, 1.82) is 0 Å². The maximum Gasteiger partial charge on any atom is 0.392 e. The molecule has 2 heterocycles. The van der Waals surface area contributed by atoms with Gasteiger partial charge in [-0.05, 0) is 49.6 Å². The average molecular weight is 327 g/mol. The van der Waals surface area contributed by atoms with E-state index in [-0.39, 0.29) is 17.8 Å². The first-order chi connectivity index (χ1) is 9.33. The summed E-state index contributed by atoms with van der Waals surface area (Å²) in [6.07, 6.45) is -0.0674. The van der Waals surface area contributed by atoms with Crippen LogP contribution < -0.4 is 5.32 Å². The van der Waals surface area contributed by atoms with Crippen LogP contribution in [0.15, 0.2) is 0 Å². The number of nitrogens with zero attached hydrogens (tertiary/aromatic N) is 1. The van der Waals surface area contributed by atoms with E-state index in [4.69, 9.17) is 0 Å². The topological polar surface area (TPSA) is 15.3 Å². The molecular formula is C15H26ClF3N2. The zero-order valence-electron chi connectivity index (χ0n) is 12.6. The zero-order chi connectivity index (χ0) is 14.4. The van der Waals surface area contributed by atoms with Crippen molar-refractivity contribution in [2.45, 2.75) is 45.2 Å². The second-order valence-corrected chi connectivity index (χ2v) is 7.55. The molecule has 2 unspecified atom stereocenters. The molecule has 1 saturated carbocycles. The third-order valence-corrected chi connectivity index (χ3v) is 5.82. The molecular weight excluding hydrogens is 301 g/mol. The van der Waals surface area contributed by atoms with Gasteiger partial charge in [-0.3, -0.25) is 0 Å². The minimum Gasteiger partial charge on any atom is -0.316 e. The van der Waals surface area contributed by atoms with E-state index in [1.54, 1.807) is 0 Å². The van der Waals surface area contributed by atoms with Gasteiger partial charge in [-0.25, -0.2) is 0 Å². The molecule has 0 aromatic rings. The summed E-state index contributed by atoms with van der Waals surface area (Å²) in [5.41, 5.74) is -0.213. The van der Waals surface area contributed by atoms with E-state index in [2.05, 4.69) is 17.1 Å². The van der Waals surface area contributed by atoms with Gasteiger partial charge in [-0.2, -0.15) is 13.2 Å². The summed E-state index contributed by atoms with van der Waals surface area (Å²) in [6.45, 7) is 6.52. The van der Waals surface area contributed by atoms with E-state index in [0.717, 1.165) is 45.3 Å². The molecule has 2 atom stereocenters. The van der Waals surface area contributed by atoms with Crippen molar-refractivity contribution in [3.63, 3.8) is 0 Å². The van der Waals surface area contributed by atoms with Gasteiger partial charge in [-0.15, -0.1) is 12.4 Å². The van der Waals surface area contributed by atoms with Crippen LogP contribution in [0, 0.1) is 16.7 Å². The highest BCUT2D eigenvalue weighted by Gasteiger charge is 2.58. The second-order valence-electron chi connectivity index (χ2n) is 7.55. The van der Waals surface area contributed by atoms with E-state index < -0.39 is 17.5 Å². The van der Waals surface area contributed by atoms with Crippen molar-refractivity contribution in [2.75, 3.05) is 32.7 Å². The van der Waals surface area contributed by atoms with E-state index in [1.807, 2.05) is 0 Å². The maximum absolute atomic E-state index is 13.2. The van der Waals surface area contributed by atoms with E-state index in [1.165, 1.54) is 0 Å². The summed E-state index contributed by atoms with van der Waals surface area (Å²) in [4.78, 5) is 2.31. The van der Waals surface area contributed by atoms with Gasteiger partial charge >= 0.3 is 6.18 Å². The van der Waals surface area contributed by atoms with Crippen LogP contribution in [0.3, 0.4) is 0 Å². The lowest BCUT2D eigenvalue weighted by Gasteiger charge is -2.55. The fourth-order valence-electron chi connectivity index (χ4n) is 4.58. The van der Waals surface area contributed by atoms with Gasteiger partial charge in [0.2, 0.25) is 0 Å². The number of halogens is 4. The van der Waals surface area contributed by atoms with E-state index in [9.17, 15) is 13.2 Å². The fourth-order valence-corrected chi connectivity index (χ4v) is 4.58. The molecule has 2 saturated heterocycles. The van der Waals surface area contributed by atoms with E-state index >= 15 is 0 Å². The fraction of sp³-hybridized carbons (Fsp3) is 1.00. The smallest absolute Gasteiger partial charge is 0.316 e. The summed E-state index contributed by atoms with van der Waals surface area (Å²) in [7, 11) is 0. The Morgan fingerprint density at radius 2 is 1.95 bits per heavy atom.